The highest BCUT2D eigenvalue weighted by atomic mass is 32.2. The minimum absolute atomic E-state index is 0.106. The van der Waals surface area contributed by atoms with Gasteiger partial charge in [-0.2, -0.15) is 0 Å². The quantitative estimate of drug-likeness (QED) is 0.401. The summed E-state index contributed by atoms with van der Waals surface area (Å²) < 4.78 is 0. The number of carboxylic acids is 1. The van der Waals surface area contributed by atoms with E-state index in [0.29, 0.717) is 12.0 Å². The van der Waals surface area contributed by atoms with Crippen LogP contribution < -0.4 is 16.6 Å². The van der Waals surface area contributed by atoms with Gasteiger partial charge in [0, 0.05) is 5.56 Å². The van der Waals surface area contributed by atoms with Crippen LogP contribution in [0.1, 0.15) is 42.1 Å². The molecule has 9 heteroatoms. The lowest BCUT2D eigenvalue weighted by molar-refractivity contribution is -0.136. The van der Waals surface area contributed by atoms with Crippen molar-refractivity contribution in [3.63, 3.8) is 0 Å². The molecule has 144 valence electrons. The van der Waals surface area contributed by atoms with Crippen LogP contribution in [0.3, 0.4) is 0 Å². The Labute approximate surface area is 160 Å². The van der Waals surface area contributed by atoms with Crippen LogP contribution >= 0.6 is 11.8 Å². The molecule has 1 heterocycles. The molecule has 2 rings (SSSR count). The number of benzene rings is 1. The number of aliphatic carboxylic acids is 1. The zero-order chi connectivity index (χ0) is 20.0. The monoisotopic (exact) mass is 390 g/mol. The topological polar surface area (TPSA) is 138 Å². The van der Waals surface area contributed by atoms with E-state index in [1.165, 1.54) is 0 Å². The summed E-state index contributed by atoms with van der Waals surface area (Å²) in [6, 6.07) is 6.83. The van der Waals surface area contributed by atoms with Crippen LogP contribution in [0.4, 0.5) is 11.5 Å². The average molecular weight is 390 g/mol. The number of nitrogens with two attached hydrogens (primary N) is 1. The van der Waals surface area contributed by atoms with Gasteiger partial charge in [0.2, 0.25) is 0 Å². The molecule has 1 atom stereocenters. The summed E-state index contributed by atoms with van der Waals surface area (Å²) in [6.45, 7) is 3.86. The minimum Gasteiger partial charge on any atom is -0.480 e. The zero-order valence-corrected chi connectivity index (χ0v) is 15.9. The lowest BCUT2D eigenvalue weighted by Crippen LogP contribution is -2.24. The number of anilines is 2. The van der Waals surface area contributed by atoms with Crippen molar-refractivity contribution >= 4 is 35.1 Å². The van der Waals surface area contributed by atoms with Gasteiger partial charge in [0.25, 0.3) is 11.5 Å². The molecule has 1 aromatic carbocycles. The summed E-state index contributed by atoms with van der Waals surface area (Å²) in [5.74, 6) is -1.63. The van der Waals surface area contributed by atoms with E-state index in [1.54, 1.807) is 24.3 Å². The minimum atomic E-state index is -0.980. The first kappa shape index (κ1) is 20.5. The third kappa shape index (κ3) is 5.58. The molecule has 1 aromatic heterocycles. The van der Waals surface area contributed by atoms with Crippen LogP contribution in [0.2, 0.25) is 0 Å². The summed E-state index contributed by atoms with van der Waals surface area (Å²) in [5.41, 5.74) is 6.40. The van der Waals surface area contributed by atoms with Crippen molar-refractivity contribution in [1.82, 2.24) is 9.97 Å². The predicted octanol–water partition coefficient (Wildman–Crippen LogP) is 2.65. The Bertz CT molecular complexity index is 880. The molecule has 8 nitrogen and oxygen atoms in total. The number of carboxylic acid groups (broad SMARTS) is 1. The van der Waals surface area contributed by atoms with Gasteiger partial charge in [0.1, 0.15) is 10.9 Å². The molecule has 0 fully saturated rings. The van der Waals surface area contributed by atoms with Crippen LogP contribution in [0.25, 0.3) is 0 Å². The van der Waals surface area contributed by atoms with Gasteiger partial charge in [0.05, 0.1) is 0 Å². The molecule has 0 aliphatic carbocycles. The van der Waals surface area contributed by atoms with E-state index in [2.05, 4.69) is 15.3 Å². The fraction of sp³-hybridized carbons (Fsp3) is 0.333. The Morgan fingerprint density at radius 1 is 1.33 bits per heavy atom. The van der Waals surface area contributed by atoms with Crippen molar-refractivity contribution < 1.29 is 14.7 Å². The van der Waals surface area contributed by atoms with Gasteiger partial charge >= 0.3 is 5.97 Å². The van der Waals surface area contributed by atoms with Crippen molar-refractivity contribution in [2.45, 2.75) is 43.5 Å². The second kappa shape index (κ2) is 9.22. The number of rotatable bonds is 8. The maximum atomic E-state index is 12.3. The molecule has 0 saturated heterocycles. The van der Waals surface area contributed by atoms with Crippen LogP contribution in [0.15, 0.2) is 34.2 Å². The van der Waals surface area contributed by atoms with Crippen molar-refractivity contribution in [2.24, 2.45) is 0 Å². The highest BCUT2D eigenvalue weighted by molar-refractivity contribution is 8.00. The standard InChI is InChI=1S/C18H22N4O4S/c1-3-4-5-12(17(25)26)27-18-21-14(19)13(16(24)22-18)20-15(23)11-8-6-10(2)7-9-11/h6-9,12H,3-5H2,1-2H3,(H,20,23)(H,25,26)(H3,19,21,22,24)/t12-/m0/s1. The van der Waals surface area contributed by atoms with E-state index in [9.17, 15) is 19.5 Å². The number of amides is 1. The number of carbonyl (C=O) groups is 2. The maximum Gasteiger partial charge on any atom is 0.317 e. The number of hydrogen-bond donors (Lipinski definition) is 4. The molecule has 0 spiro atoms. The van der Waals surface area contributed by atoms with Gasteiger partial charge in [-0.3, -0.25) is 19.4 Å². The van der Waals surface area contributed by atoms with E-state index in [4.69, 9.17) is 5.73 Å². The van der Waals surface area contributed by atoms with Crippen LogP contribution in [0, 0.1) is 6.92 Å². The molecule has 0 radical (unpaired) electrons. The second-order valence-electron chi connectivity index (χ2n) is 6.04. The number of unbranched alkanes of at least 4 members (excludes halogenated alkanes) is 1. The third-order valence-electron chi connectivity index (χ3n) is 3.83. The van der Waals surface area contributed by atoms with Gasteiger partial charge in [0.15, 0.2) is 11.0 Å². The molecular weight excluding hydrogens is 368 g/mol. The molecule has 0 aliphatic rings. The highest BCUT2D eigenvalue weighted by Crippen LogP contribution is 2.25. The van der Waals surface area contributed by atoms with Crippen LogP contribution in [-0.4, -0.2) is 32.2 Å². The van der Waals surface area contributed by atoms with E-state index in [-0.39, 0.29) is 16.7 Å². The van der Waals surface area contributed by atoms with E-state index in [1.807, 2.05) is 13.8 Å². The Kier molecular flexibility index (Phi) is 7.00. The van der Waals surface area contributed by atoms with Gasteiger partial charge < -0.3 is 16.2 Å². The van der Waals surface area contributed by atoms with E-state index in [0.717, 1.165) is 30.2 Å². The average Bonchev–Trinajstić information content (AvgIpc) is 2.61. The first-order chi connectivity index (χ1) is 12.8. The van der Waals surface area contributed by atoms with Gasteiger partial charge in [-0.25, -0.2) is 4.98 Å². The molecule has 2 aromatic rings. The van der Waals surface area contributed by atoms with Gasteiger partial charge in [-0.15, -0.1) is 0 Å². The molecule has 5 N–H and O–H groups in total. The van der Waals surface area contributed by atoms with Crippen molar-refractivity contribution in [3.05, 3.63) is 45.7 Å². The summed E-state index contributed by atoms with van der Waals surface area (Å²) in [5, 5.41) is 11.1. The molecule has 0 bridgehead atoms. The first-order valence-corrected chi connectivity index (χ1v) is 9.37. The largest absolute Gasteiger partial charge is 0.480 e. The predicted molar refractivity (Wildman–Crippen MR) is 105 cm³/mol. The normalized spacial score (nSPS) is 11.8. The first-order valence-electron chi connectivity index (χ1n) is 8.49. The second-order valence-corrected chi connectivity index (χ2v) is 7.23. The summed E-state index contributed by atoms with van der Waals surface area (Å²) >= 11 is 0.932. The Balaban J connectivity index is 2.18. The van der Waals surface area contributed by atoms with E-state index < -0.39 is 22.7 Å². The van der Waals surface area contributed by atoms with Crippen molar-refractivity contribution in [1.29, 1.82) is 0 Å². The van der Waals surface area contributed by atoms with Gasteiger partial charge in [-0.05, 0) is 25.5 Å². The Hall–Kier alpha value is -2.81. The molecule has 0 saturated carbocycles. The number of nitrogens with one attached hydrogen (secondary N) is 2. The molecule has 27 heavy (non-hydrogen) atoms. The lowest BCUT2D eigenvalue weighted by atomic mass is 10.1. The third-order valence-corrected chi connectivity index (χ3v) is 4.97. The summed E-state index contributed by atoms with van der Waals surface area (Å²) in [6.07, 6.45) is 2.06. The van der Waals surface area contributed by atoms with Crippen molar-refractivity contribution in [3.8, 4) is 0 Å². The highest BCUT2D eigenvalue weighted by Gasteiger charge is 2.21. The number of nitrogens with zero attached hydrogens (tertiary/aromatic N) is 1. The van der Waals surface area contributed by atoms with E-state index >= 15 is 0 Å². The smallest absolute Gasteiger partial charge is 0.317 e. The van der Waals surface area contributed by atoms with Crippen LogP contribution in [0.5, 0.6) is 0 Å². The number of H-pyrrole nitrogens is 1. The number of carbonyl (C=O) groups excluding carboxylic acids is 1. The fourth-order valence-electron chi connectivity index (χ4n) is 2.29. The lowest BCUT2D eigenvalue weighted by Gasteiger charge is -2.12. The fourth-order valence-corrected chi connectivity index (χ4v) is 3.25. The maximum absolute atomic E-state index is 12.3. The summed E-state index contributed by atoms with van der Waals surface area (Å²) in [7, 11) is 0. The van der Waals surface area contributed by atoms with Crippen molar-refractivity contribution in [2.75, 3.05) is 11.1 Å². The number of thioether (sulfide) groups is 1. The Morgan fingerprint density at radius 3 is 2.56 bits per heavy atom. The zero-order valence-electron chi connectivity index (χ0n) is 15.1. The number of aromatic amines is 1. The molecule has 1 amide bonds. The molecule has 0 aliphatic heterocycles. The number of aryl methyl sites for hydroxylation is 1. The molecule has 0 unspecified atom stereocenters. The SMILES string of the molecule is CCCC[C@H](Sc1nc(N)c(NC(=O)c2ccc(C)cc2)c(=O)[nH]1)C(=O)O. The Morgan fingerprint density at radius 2 is 2.00 bits per heavy atom. The van der Waals surface area contributed by atoms with Crippen LogP contribution in [-0.2, 0) is 4.79 Å². The number of aromatic nitrogens is 2. The summed E-state index contributed by atoms with van der Waals surface area (Å²) in [4.78, 5) is 42.4. The number of nitrogen functional groups attached to an aromatic ring is 1. The number of hydrogen-bond acceptors (Lipinski definition) is 6. The van der Waals surface area contributed by atoms with Gasteiger partial charge in [-0.1, -0.05) is 49.2 Å². The molecular formula is C18H22N4O4S.